The average Bonchev–Trinajstić information content (AvgIpc) is 3.06. The molecule has 2 fully saturated rings. The maximum Gasteiger partial charge on any atom is 0.225 e. The van der Waals surface area contributed by atoms with E-state index in [0.717, 1.165) is 0 Å². The molecular formula is C7H14N2O6S2. The third-order valence-electron chi connectivity index (χ3n) is 2.21. The predicted molar refractivity (Wildman–Crippen MR) is 58.2 cm³/mol. The van der Waals surface area contributed by atoms with Crippen LogP contribution < -0.4 is 9.44 Å². The van der Waals surface area contributed by atoms with E-state index in [9.17, 15) is 16.8 Å². The Hall–Kier alpha value is -0.260. The molecule has 0 aliphatic carbocycles. The van der Waals surface area contributed by atoms with Crippen LogP contribution in [0.15, 0.2) is 0 Å². The molecule has 0 aromatic rings. The highest BCUT2D eigenvalue weighted by atomic mass is 32.2. The Morgan fingerprint density at radius 3 is 2.06 bits per heavy atom. The van der Waals surface area contributed by atoms with Crippen molar-refractivity contribution in [2.75, 3.05) is 31.4 Å². The summed E-state index contributed by atoms with van der Waals surface area (Å²) >= 11 is 0. The lowest BCUT2D eigenvalue weighted by Crippen LogP contribution is -2.39. The lowest BCUT2D eigenvalue weighted by atomic mass is 10.5. The van der Waals surface area contributed by atoms with Gasteiger partial charge in [-0.1, -0.05) is 0 Å². The van der Waals surface area contributed by atoms with Gasteiger partial charge in [0, 0.05) is 6.54 Å². The first-order valence-corrected chi connectivity index (χ1v) is 8.35. The average molecular weight is 286 g/mol. The summed E-state index contributed by atoms with van der Waals surface area (Å²) in [6.45, 7) is 1.12. The van der Waals surface area contributed by atoms with Gasteiger partial charge < -0.3 is 9.47 Å². The number of epoxide rings is 2. The smallest absolute Gasteiger partial charge is 0.225 e. The second-order valence-corrected chi connectivity index (χ2v) is 7.60. The van der Waals surface area contributed by atoms with Gasteiger partial charge in [-0.25, -0.2) is 21.6 Å². The lowest BCUT2D eigenvalue weighted by Gasteiger charge is -2.07. The van der Waals surface area contributed by atoms with E-state index in [1.807, 2.05) is 4.72 Å². The molecule has 2 rings (SSSR count). The highest BCUT2D eigenvalue weighted by Crippen LogP contribution is 2.10. The first-order valence-electron chi connectivity index (χ1n) is 5.04. The molecule has 0 radical (unpaired) electrons. The molecule has 2 saturated heterocycles. The number of rotatable bonds is 8. The highest BCUT2D eigenvalue weighted by Gasteiger charge is 2.30. The van der Waals surface area contributed by atoms with Crippen LogP contribution in [0, 0.1) is 0 Å². The van der Waals surface area contributed by atoms with Gasteiger partial charge >= 0.3 is 0 Å². The SMILES string of the molecule is O=S(=O)(CNS(=O)(=O)CC1CO1)NCC1CO1. The molecule has 0 spiro atoms. The molecule has 10 heteroatoms. The van der Waals surface area contributed by atoms with Crippen molar-refractivity contribution in [2.24, 2.45) is 0 Å². The third-order valence-corrected chi connectivity index (χ3v) is 4.92. The zero-order valence-electron chi connectivity index (χ0n) is 8.96. The zero-order chi connectivity index (χ0) is 12.5. The van der Waals surface area contributed by atoms with Crippen molar-refractivity contribution < 1.29 is 26.3 Å². The quantitative estimate of drug-likeness (QED) is 0.480. The van der Waals surface area contributed by atoms with Crippen LogP contribution in [-0.4, -0.2) is 60.4 Å². The van der Waals surface area contributed by atoms with E-state index < -0.39 is 25.9 Å². The summed E-state index contributed by atoms with van der Waals surface area (Å²) in [5.41, 5.74) is 0. The number of ether oxygens (including phenoxy) is 2. The number of hydrogen-bond acceptors (Lipinski definition) is 6. The van der Waals surface area contributed by atoms with Gasteiger partial charge in [-0.05, 0) is 0 Å². The van der Waals surface area contributed by atoms with Crippen molar-refractivity contribution in [1.29, 1.82) is 0 Å². The topological polar surface area (TPSA) is 117 Å². The Kier molecular flexibility index (Phi) is 3.71. The molecule has 0 aromatic carbocycles. The molecule has 0 bridgehead atoms. The fourth-order valence-corrected chi connectivity index (χ4v) is 3.77. The van der Waals surface area contributed by atoms with E-state index in [2.05, 4.69) is 4.72 Å². The van der Waals surface area contributed by atoms with E-state index in [1.54, 1.807) is 0 Å². The Morgan fingerprint density at radius 1 is 0.941 bits per heavy atom. The van der Waals surface area contributed by atoms with Crippen LogP contribution in [0.2, 0.25) is 0 Å². The number of hydrogen-bond donors (Lipinski definition) is 2. The molecule has 0 amide bonds. The standard InChI is InChI=1S/C7H14N2O6S2/c10-16(11,4-7-3-15-7)9-5-17(12,13)8-1-6-2-14-6/h6-9H,1-5H2. The second-order valence-electron chi connectivity index (χ2n) is 3.94. The summed E-state index contributed by atoms with van der Waals surface area (Å²) in [5, 5.41) is 0. The maximum atomic E-state index is 11.4. The molecule has 2 aliphatic rings. The van der Waals surface area contributed by atoms with E-state index in [-0.39, 0.29) is 24.5 Å². The summed E-state index contributed by atoms with van der Waals surface area (Å²) < 4.78 is 59.4. The van der Waals surface area contributed by atoms with Crippen molar-refractivity contribution in [3.05, 3.63) is 0 Å². The summed E-state index contributed by atoms with van der Waals surface area (Å²) in [5.74, 6) is -0.858. The highest BCUT2D eigenvalue weighted by molar-refractivity contribution is 7.92. The zero-order valence-corrected chi connectivity index (χ0v) is 10.6. The Labute approximate surface area is 99.8 Å². The van der Waals surface area contributed by atoms with Gasteiger partial charge in [0.1, 0.15) is 5.88 Å². The molecular weight excluding hydrogens is 272 g/mol. The molecule has 2 unspecified atom stereocenters. The monoisotopic (exact) mass is 286 g/mol. The summed E-state index contributed by atoms with van der Waals surface area (Å²) in [6.07, 6.45) is -0.385. The van der Waals surface area contributed by atoms with Crippen molar-refractivity contribution in [1.82, 2.24) is 9.44 Å². The van der Waals surface area contributed by atoms with Crippen LogP contribution in [0.5, 0.6) is 0 Å². The van der Waals surface area contributed by atoms with Crippen LogP contribution >= 0.6 is 0 Å². The third kappa shape index (κ3) is 5.27. The summed E-state index contributed by atoms with van der Waals surface area (Å²) in [4.78, 5) is 0. The fourth-order valence-electron chi connectivity index (χ4n) is 1.09. The van der Waals surface area contributed by atoms with E-state index in [4.69, 9.17) is 9.47 Å². The molecule has 2 heterocycles. The van der Waals surface area contributed by atoms with Crippen LogP contribution in [0.3, 0.4) is 0 Å². The molecule has 0 aromatic heterocycles. The number of nitrogens with one attached hydrogen (secondary N) is 2. The Balaban J connectivity index is 1.74. The molecule has 0 saturated carbocycles. The fraction of sp³-hybridized carbons (Fsp3) is 1.00. The first-order chi connectivity index (χ1) is 7.86. The van der Waals surface area contributed by atoms with Crippen molar-refractivity contribution in [3.63, 3.8) is 0 Å². The van der Waals surface area contributed by atoms with Crippen LogP contribution in [0.25, 0.3) is 0 Å². The second kappa shape index (κ2) is 4.78. The minimum absolute atomic E-state index is 0.0822. The summed E-state index contributed by atoms with van der Waals surface area (Å²) in [6, 6.07) is 0. The van der Waals surface area contributed by atoms with Crippen LogP contribution in [-0.2, 0) is 29.5 Å². The van der Waals surface area contributed by atoms with Gasteiger partial charge in [0.25, 0.3) is 0 Å². The van der Waals surface area contributed by atoms with Gasteiger partial charge in [-0.15, -0.1) is 0 Å². The van der Waals surface area contributed by atoms with Crippen LogP contribution in [0.4, 0.5) is 0 Å². The van der Waals surface area contributed by atoms with E-state index in [0.29, 0.717) is 13.2 Å². The Bertz CT molecular complexity index is 465. The van der Waals surface area contributed by atoms with E-state index >= 15 is 0 Å². The van der Waals surface area contributed by atoms with Gasteiger partial charge in [0.2, 0.25) is 20.0 Å². The van der Waals surface area contributed by atoms with Crippen LogP contribution in [0.1, 0.15) is 0 Å². The first kappa shape index (κ1) is 13.2. The van der Waals surface area contributed by atoms with Crippen molar-refractivity contribution >= 4 is 20.0 Å². The number of sulfonamides is 2. The predicted octanol–water partition coefficient (Wildman–Crippen LogP) is -2.42. The molecule has 17 heavy (non-hydrogen) atoms. The Morgan fingerprint density at radius 2 is 1.53 bits per heavy atom. The maximum absolute atomic E-state index is 11.4. The van der Waals surface area contributed by atoms with Gasteiger partial charge in [-0.2, -0.15) is 4.72 Å². The summed E-state index contributed by atoms with van der Waals surface area (Å²) in [7, 11) is -7.25. The van der Waals surface area contributed by atoms with Crippen molar-refractivity contribution in [2.45, 2.75) is 12.2 Å². The van der Waals surface area contributed by atoms with E-state index in [1.165, 1.54) is 0 Å². The van der Waals surface area contributed by atoms with Gasteiger partial charge in [0.05, 0.1) is 31.2 Å². The molecule has 8 nitrogen and oxygen atoms in total. The normalized spacial score (nSPS) is 28.0. The van der Waals surface area contributed by atoms with Gasteiger partial charge in [0.15, 0.2) is 0 Å². The van der Waals surface area contributed by atoms with Crippen molar-refractivity contribution in [3.8, 4) is 0 Å². The largest absolute Gasteiger partial charge is 0.372 e. The minimum Gasteiger partial charge on any atom is -0.372 e. The molecule has 2 atom stereocenters. The minimum atomic E-state index is -3.65. The molecule has 100 valence electrons. The lowest BCUT2D eigenvalue weighted by molar-refractivity contribution is 0.406. The van der Waals surface area contributed by atoms with Gasteiger partial charge in [-0.3, -0.25) is 0 Å². The molecule has 2 aliphatic heterocycles. The molecule has 2 N–H and O–H groups in total.